The maximum Gasteiger partial charge on any atom is 0.338 e. The van der Waals surface area contributed by atoms with Crippen molar-refractivity contribution >= 4 is 69.2 Å². The van der Waals surface area contributed by atoms with Gasteiger partial charge in [0.15, 0.2) is 0 Å². The van der Waals surface area contributed by atoms with E-state index in [2.05, 4.69) is 5.32 Å². The molecule has 2 heterocycles. The lowest BCUT2D eigenvalue weighted by Gasteiger charge is -2.19. The molecule has 1 aliphatic heterocycles. The van der Waals surface area contributed by atoms with Crippen LogP contribution in [0.3, 0.4) is 0 Å². The number of thiocarbonyl (C=S) groups is 1. The van der Waals surface area contributed by atoms with Crippen molar-refractivity contribution in [1.82, 2.24) is 4.90 Å². The zero-order valence-electron chi connectivity index (χ0n) is 22.0. The number of halogens is 1. The number of hydrogen-bond acceptors (Lipinski definition) is 8. The van der Waals surface area contributed by atoms with Gasteiger partial charge in [-0.3, -0.25) is 14.5 Å². The van der Waals surface area contributed by atoms with Gasteiger partial charge in [-0.25, -0.2) is 9.18 Å². The molecule has 2 N–H and O–H groups in total. The summed E-state index contributed by atoms with van der Waals surface area (Å²) in [4.78, 5) is 40.3. The van der Waals surface area contributed by atoms with E-state index in [0.717, 1.165) is 16.0 Å². The van der Waals surface area contributed by atoms with E-state index in [9.17, 15) is 23.9 Å². The van der Waals surface area contributed by atoms with Gasteiger partial charge in [0, 0.05) is 23.5 Å². The van der Waals surface area contributed by atoms with E-state index < -0.39 is 17.4 Å². The molecule has 7 nitrogen and oxygen atoms in total. The first-order valence-electron chi connectivity index (χ1n) is 12.3. The summed E-state index contributed by atoms with van der Waals surface area (Å²) >= 11 is 7.96. The molecule has 1 fully saturated rings. The number of amides is 2. The highest BCUT2D eigenvalue weighted by Gasteiger charge is 2.32. The zero-order valence-corrected chi connectivity index (χ0v) is 24.5. The minimum Gasteiger partial charge on any atom is -0.456 e. The zero-order chi connectivity index (χ0) is 29.0. The van der Waals surface area contributed by atoms with Crippen LogP contribution in [0.1, 0.15) is 48.0 Å². The number of esters is 1. The fraction of sp³-hybridized carbons (Fsp3) is 0.241. The van der Waals surface area contributed by atoms with E-state index >= 15 is 0 Å². The second-order valence-electron chi connectivity index (χ2n) is 9.91. The predicted octanol–water partition coefficient (Wildman–Crippen LogP) is 6.23. The summed E-state index contributed by atoms with van der Waals surface area (Å²) in [7, 11) is 0. The lowest BCUT2D eigenvalue weighted by atomic mass is 10.0. The fourth-order valence-electron chi connectivity index (χ4n) is 3.83. The van der Waals surface area contributed by atoms with Crippen molar-refractivity contribution in [2.45, 2.75) is 39.4 Å². The van der Waals surface area contributed by atoms with Crippen LogP contribution in [0.15, 0.2) is 58.8 Å². The first-order valence-corrected chi connectivity index (χ1v) is 14.4. The molecule has 2 amide bonds. The van der Waals surface area contributed by atoms with Gasteiger partial charge in [-0.2, -0.15) is 0 Å². The lowest BCUT2D eigenvalue weighted by molar-refractivity contribution is -0.122. The van der Waals surface area contributed by atoms with Gasteiger partial charge in [0.25, 0.3) is 5.91 Å². The number of thioether (sulfide) groups is 1. The number of carbonyl (C=O) groups excluding carboxylic acids is 3. The summed E-state index contributed by atoms with van der Waals surface area (Å²) < 4.78 is 19.2. The first-order chi connectivity index (χ1) is 18.9. The largest absolute Gasteiger partial charge is 0.456 e. The number of ether oxygens (including phenoxy) is 1. The first kappa shape index (κ1) is 29.6. The molecular formula is C29H27FN2O5S3. The van der Waals surface area contributed by atoms with Crippen molar-refractivity contribution in [2.75, 3.05) is 11.9 Å². The average Bonchev–Trinajstić information content (AvgIpc) is 3.45. The highest BCUT2D eigenvalue weighted by Crippen LogP contribution is 2.36. The molecule has 1 aliphatic rings. The highest BCUT2D eigenvalue weighted by atomic mass is 32.2. The number of benzene rings is 2. The SMILES string of the molecule is CC(C)(C)OC(=O)c1ccc(NC(=O)CCN2C(=O)/C(=C/c3cc(-c4ccc(F)cc4CO)cs3)SC2=S)cc1. The minimum absolute atomic E-state index is 0.0329. The Balaban J connectivity index is 1.34. The third-order valence-corrected chi connectivity index (χ3v) is 7.94. The standard InChI is InChI=1S/C29H27FN2O5S3/c1-29(2,3)37-27(36)17-4-7-21(8-5-17)31-25(34)10-11-32-26(35)24(40-28(32)38)14-22-13-19(16-39-22)23-9-6-20(30)12-18(23)15-33/h4-9,12-14,16,33H,10-11,15H2,1-3H3,(H,31,34)/b24-14-. The van der Waals surface area contributed by atoms with E-state index in [1.807, 2.05) is 11.4 Å². The smallest absolute Gasteiger partial charge is 0.338 e. The van der Waals surface area contributed by atoms with Gasteiger partial charge in [0.2, 0.25) is 5.91 Å². The van der Waals surface area contributed by atoms with E-state index in [1.165, 1.54) is 40.1 Å². The number of aliphatic hydroxyl groups excluding tert-OH is 1. The van der Waals surface area contributed by atoms with Crippen LogP contribution in [0.4, 0.5) is 10.1 Å². The number of aliphatic hydroxyl groups is 1. The Morgan fingerprint density at radius 3 is 2.55 bits per heavy atom. The Kier molecular flexibility index (Phi) is 9.19. The summed E-state index contributed by atoms with van der Waals surface area (Å²) in [5.41, 5.74) is 2.30. The Morgan fingerprint density at radius 1 is 1.15 bits per heavy atom. The number of hydrogen-bond donors (Lipinski definition) is 2. The van der Waals surface area contributed by atoms with Crippen LogP contribution in [0.2, 0.25) is 0 Å². The molecule has 3 aromatic rings. The maximum atomic E-state index is 13.5. The van der Waals surface area contributed by atoms with E-state index in [4.69, 9.17) is 17.0 Å². The quantitative estimate of drug-likeness (QED) is 0.180. The third-order valence-electron chi connectivity index (χ3n) is 5.68. The minimum atomic E-state index is -0.605. The molecule has 0 spiro atoms. The fourth-order valence-corrected chi connectivity index (χ4v) is 6.04. The van der Waals surface area contributed by atoms with Crippen molar-refractivity contribution in [1.29, 1.82) is 0 Å². The molecule has 0 radical (unpaired) electrons. The van der Waals surface area contributed by atoms with E-state index in [-0.39, 0.29) is 31.4 Å². The van der Waals surface area contributed by atoms with E-state index in [0.29, 0.717) is 26.0 Å². The molecule has 0 aliphatic carbocycles. The van der Waals surface area contributed by atoms with Gasteiger partial charge in [0.1, 0.15) is 15.7 Å². The highest BCUT2D eigenvalue weighted by molar-refractivity contribution is 8.26. The summed E-state index contributed by atoms with van der Waals surface area (Å²) in [6, 6.07) is 12.5. The van der Waals surface area contributed by atoms with Gasteiger partial charge < -0.3 is 15.2 Å². The molecule has 0 unspecified atom stereocenters. The van der Waals surface area contributed by atoms with Crippen LogP contribution in [-0.2, 0) is 20.9 Å². The molecular weight excluding hydrogens is 572 g/mol. The van der Waals surface area contributed by atoms with Gasteiger partial charge in [-0.15, -0.1) is 11.3 Å². The molecule has 0 bridgehead atoms. The topological polar surface area (TPSA) is 95.9 Å². The van der Waals surface area contributed by atoms with Crippen molar-refractivity contribution in [3.63, 3.8) is 0 Å². The predicted molar refractivity (Wildman–Crippen MR) is 160 cm³/mol. The second kappa shape index (κ2) is 12.4. The molecule has 40 heavy (non-hydrogen) atoms. The Labute approximate surface area is 245 Å². The van der Waals surface area contributed by atoms with Gasteiger partial charge in [-0.05, 0) is 91.4 Å². The number of nitrogens with one attached hydrogen (secondary N) is 1. The molecule has 208 valence electrons. The summed E-state index contributed by atoms with van der Waals surface area (Å²) in [6.45, 7) is 5.19. The van der Waals surface area contributed by atoms with Gasteiger partial charge >= 0.3 is 5.97 Å². The molecule has 1 aromatic heterocycles. The van der Waals surface area contributed by atoms with Crippen LogP contribution < -0.4 is 5.32 Å². The molecule has 0 saturated carbocycles. The van der Waals surface area contributed by atoms with Crippen molar-refractivity contribution in [3.8, 4) is 11.1 Å². The molecule has 2 aromatic carbocycles. The van der Waals surface area contributed by atoms with Crippen LogP contribution in [-0.4, -0.2) is 44.3 Å². The number of anilines is 1. The van der Waals surface area contributed by atoms with Crippen LogP contribution in [0.25, 0.3) is 17.2 Å². The normalized spacial score (nSPS) is 14.6. The van der Waals surface area contributed by atoms with Crippen molar-refractivity contribution in [3.05, 3.63) is 80.6 Å². The molecule has 0 atom stereocenters. The maximum absolute atomic E-state index is 13.5. The molecule has 4 rings (SSSR count). The van der Waals surface area contributed by atoms with Crippen molar-refractivity contribution in [2.24, 2.45) is 0 Å². The summed E-state index contributed by atoms with van der Waals surface area (Å²) in [5, 5.41) is 14.2. The van der Waals surface area contributed by atoms with Crippen molar-refractivity contribution < 1.29 is 28.6 Å². The number of nitrogens with zero attached hydrogens (tertiary/aromatic N) is 1. The molecule has 1 saturated heterocycles. The Morgan fingerprint density at radius 2 is 1.88 bits per heavy atom. The summed E-state index contributed by atoms with van der Waals surface area (Å²) in [6.07, 6.45) is 1.77. The number of thiophene rings is 1. The average molecular weight is 599 g/mol. The lowest BCUT2D eigenvalue weighted by Crippen LogP contribution is -2.31. The summed E-state index contributed by atoms with van der Waals surface area (Å²) in [5.74, 6) is -1.45. The van der Waals surface area contributed by atoms with Gasteiger partial charge in [0.05, 0.1) is 17.1 Å². The number of rotatable bonds is 8. The third kappa shape index (κ3) is 7.42. The van der Waals surface area contributed by atoms with Gasteiger partial charge in [-0.1, -0.05) is 30.0 Å². The monoisotopic (exact) mass is 598 g/mol. The second-order valence-corrected chi connectivity index (χ2v) is 12.5. The van der Waals surface area contributed by atoms with E-state index in [1.54, 1.807) is 57.2 Å². The van der Waals surface area contributed by atoms with Crippen LogP contribution >= 0.6 is 35.3 Å². The number of carbonyl (C=O) groups is 3. The Hall–Kier alpha value is -3.38. The van der Waals surface area contributed by atoms with Crippen LogP contribution in [0.5, 0.6) is 0 Å². The molecule has 11 heteroatoms. The Bertz CT molecular complexity index is 1490. The van der Waals surface area contributed by atoms with Crippen LogP contribution in [0, 0.1) is 5.82 Å².